The topological polar surface area (TPSA) is 75.9 Å². The highest BCUT2D eigenvalue weighted by Crippen LogP contribution is 2.36. The molecule has 2 saturated heterocycles. The number of nitrogens with zero attached hydrogens (tertiary/aromatic N) is 8. The largest absolute Gasteiger partial charge is 0.354 e. The van der Waals surface area contributed by atoms with Crippen LogP contribution in [0.15, 0.2) is 25.0 Å². The smallest absolute Gasteiger partial charge is 0.225 e. The van der Waals surface area contributed by atoms with Gasteiger partial charge in [-0.25, -0.2) is 24.9 Å². The molecule has 3 aromatic rings. The van der Waals surface area contributed by atoms with Crippen molar-refractivity contribution < 1.29 is 0 Å². The van der Waals surface area contributed by atoms with Crippen molar-refractivity contribution in [1.29, 1.82) is 0 Å². The number of anilines is 2. The van der Waals surface area contributed by atoms with Crippen molar-refractivity contribution >= 4 is 34.5 Å². The summed E-state index contributed by atoms with van der Waals surface area (Å²) in [5, 5.41) is 0.568. The van der Waals surface area contributed by atoms with Crippen molar-refractivity contribution in [2.75, 3.05) is 36.0 Å². The predicted octanol–water partition coefficient (Wildman–Crippen LogP) is 1.86. The fourth-order valence-corrected chi connectivity index (χ4v) is 4.23. The summed E-state index contributed by atoms with van der Waals surface area (Å²) in [7, 11) is 0. The van der Waals surface area contributed by atoms with E-state index in [9.17, 15) is 0 Å². The van der Waals surface area contributed by atoms with Gasteiger partial charge in [0.2, 0.25) is 5.95 Å². The van der Waals surface area contributed by atoms with Crippen LogP contribution in [0, 0.1) is 11.8 Å². The van der Waals surface area contributed by atoms with E-state index >= 15 is 0 Å². The van der Waals surface area contributed by atoms with Crippen LogP contribution in [0.25, 0.3) is 11.2 Å². The maximum atomic E-state index is 5.89. The first-order valence-corrected chi connectivity index (χ1v) is 9.24. The fraction of sp³-hybridized carbons (Fsp3) is 0.471. The van der Waals surface area contributed by atoms with Gasteiger partial charge < -0.3 is 14.4 Å². The lowest BCUT2D eigenvalue weighted by atomic mass is 10.0. The van der Waals surface area contributed by atoms with E-state index in [1.807, 2.05) is 6.33 Å². The molecule has 0 N–H and O–H groups in total. The van der Waals surface area contributed by atoms with E-state index in [-0.39, 0.29) is 0 Å². The Morgan fingerprint density at radius 1 is 0.962 bits per heavy atom. The van der Waals surface area contributed by atoms with Gasteiger partial charge in [-0.2, -0.15) is 0 Å². The minimum absolute atomic E-state index is 0.568. The number of aromatic nitrogens is 6. The summed E-state index contributed by atoms with van der Waals surface area (Å²) in [5.74, 6) is 2.87. The van der Waals surface area contributed by atoms with Gasteiger partial charge in [0.15, 0.2) is 17.0 Å². The number of fused-ring (bicyclic) bond motifs is 2. The van der Waals surface area contributed by atoms with E-state index in [4.69, 9.17) is 11.6 Å². The Hall–Kier alpha value is -2.48. The second-order valence-corrected chi connectivity index (χ2v) is 7.37. The van der Waals surface area contributed by atoms with Gasteiger partial charge in [0.05, 0.1) is 23.7 Å². The van der Waals surface area contributed by atoms with Crippen molar-refractivity contribution in [1.82, 2.24) is 29.5 Å². The summed E-state index contributed by atoms with van der Waals surface area (Å²) in [6, 6.07) is 0. The van der Waals surface area contributed by atoms with Crippen LogP contribution in [0.4, 0.5) is 11.8 Å². The van der Waals surface area contributed by atoms with E-state index < -0.39 is 0 Å². The van der Waals surface area contributed by atoms with Crippen LogP contribution in [0.5, 0.6) is 0 Å². The highest BCUT2D eigenvalue weighted by Gasteiger charge is 2.41. The molecule has 8 nitrogen and oxygen atoms in total. The Labute approximate surface area is 155 Å². The molecule has 5 heterocycles. The molecule has 2 atom stereocenters. The second kappa shape index (κ2) is 6.05. The molecule has 0 bridgehead atoms. The van der Waals surface area contributed by atoms with Crippen LogP contribution in [-0.2, 0) is 6.54 Å². The molecule has 0 spiro atoms. The van der Waals surface area contributed by atoms with Crippen LogP contribution in [0.2, 0.25) is 5.02 Å². The zero-order valence-corrected chi connectivity index (χ0v) is 15.2. The Kier molecular flexibility index (Phi) is 3.66. The van der Waals surface area contributed by atoms with Crippen LogP contribution in [-0.4, -0.2) is 55.7 Å². The quantitative estimate of drug-likeness (QED) is 0.696. The Morgan fingerprint density at radius 3 is 2.35 bits per heavy atom. The zero-order valence-electron chi connectivity index (χ0n) is 14.5. The van der Waals surface area contributed by atoms with Crippen LogP contribution >= 0.6 is 11.6 Å². The van der Waals surface area contributed by atoms with Gasteiger partial charge in [-0.05, 0) is 6.92 Å². The van der Waals surface area contributed by atoms with Gasteiger partial charge in [-0.1, -0.05) is 11.6 Å². The molecule has 0 aromatic carbocycles. The Bertz CT molecular complexity index is 926. The van der Waals surface area contributed by atoms with Gasteiger partial charge in [0, 0.05) is 44.6 Å². The monoisotopic (exact) mass is 370 g/mol. The van der Waals surface area contributed by atoms with Gasteiger partial charge in [0.1, 0.15) is 6.33 Å². The third-order valence-electron chi connectivity index (χ3n) is 5.40. The first-order valence-electron chi connectivity index (χ1n) is 8.86. The molecular formula is C17H19ClN8. The summed E-state index contributed by atoms with van der Waals surface area (Å²) in [4.78, 5) is 26.8. The normalized spacial score (nSPS) is 22.4. The molecule has 3 aromatic heterocycles. The highest BCUT2D eigenvalue weighted by atomic mass is 35.5. The second-order valence-electron chi connectivity index (χ2n) is 6.93. The molecule has 9 heteroatoms. The molecule has 0 saturated carbocycles. The molecule has 2 aliphatic heterocycles. The minimum Gasteiger partial charge on any atom is -0.354 e. The van der Waals surface area contributed by atoms with E-state index in [1.165, 1.54) is 0 Å². The average Bonchev–Trinajstić information content (AvgIpc) is 3.34. The third kappa shape index (κ3) is 2.47. The van der Waals surface area contributed by atoms with Crippen molar-refractivity contribution in [3.63, 3.8) is 0 Å². The first-order chi connectivity index (χ1) is 12.7. The molecule has 2 unspecified atom stereocenters. The van der Waals surface area contributed by atoms with Crippen molar-refractivity contribution in [3.8, 4) is 0 Å². The van der Waals surface area contributed by atoms with Gasteiger partial charge in [-0.3, -0.25) is 0 Å². The minimum atomic E-state index is 0.568. The zero-order chi connectivity index (χ0) is 17.7. The van der Waals surface area contributed by atoms with Crippen LogP contribution in [0.1, 0.15) is 6.92 Å². The number of halogens is 1. The van der Waals surface area contributed by atoms with Crippen molar-refractivity contribution in [3.05, 3.63) is 30.1 Å². The number of hydrogen-bond acceptors (Lipinski definition) is 7. The molecule has 26 heavy (non-hydrogen) atoms. The third-order valence-corrected chi connectivity index (χ3v) is 5.59. The molecule has 2 fully saturated rings. The van der Waals surface area contributed by atoms with Gasteiger partial charge in [0.25, 0.3) is 0 Å². The molecule has 0 aliphatic carbocycles. The average molecular weight is 371 g/mol. The SMILES string of the molecule is CCn1cnc2c(N3CC4CN(c5ncc(Cl)cn5)CC4C3)ncnc21. The number of rotatable bonds is 3. The van der Waals surface area contributed by atoms with Crippen LogP contribution in [0.3, 0.4) is 0 Å². The molecule has 0 radical (unpaired) electrons. The molecular weight excluding hydrogens is 352 g/mol. The standard InChI is InChI=1S/C17H19ClN8/c1-2-24-10-23-14-15(24)21-9-22-16(14)25-5-11-7-26(8-12(11)6-25)17-19-3-13(18)4-20-17/h3-4,9-12H,2,5-8H2,1H3. The lowest BCUT2D eigenvalue weighted by molar-refractivity contribution is 0.533. The fourth-order valence-electron chi connectivity index (χ4n) is 4.13. The number of aryl methyl sites for hydroxylation is 1. The maximum absolute atomic E-state index is 5.89. The lowest BCUT2D eigenvalue weighted by Crippen LogP contribution is -2.30. The summed E-state index contributed by atoms with van der Waals surface area (Å²) in [6.45, 7) is 6.81. The number of hydrogen-bond donors (Lipinski definition) is 0. The van der Waals surface area contributed by atoms with Gasteiger partial charge >= 0.3 is 0 Å². The first kappa shape index (κ1) is 15.7. The predicted molar refractivity (Wildman–Crippen MR) is 99.4 cm³/mol. The molecule has 2 aliphatic rings. The molecule has 5 rings (SSSR count). The summed E-state index contributed by atoms with van der Waals surface area (Å²) < 4.78 is 2.05. The van der Waals surface area contributed by atoms with Crippen molar-refractivity contribution in [2.45, 2.75) is 13.5 Å². The lowest BCUT2D eigenvalue weighted by Gasteiger charge is -2.22. The summed E-state index contributed by atoms with van der Waals surface area (Å²) in [6.07, 6.45) is 6.81. The van der Waals surface area contributed by atoms with E-state index in [1.54, 1.807) is 18.7 Å². The summed E-state index contributed by atoms with van der Waals surface area (Å²) in [5.41, 5.74) is 1.80. The van der Waals surface area contributed by atoms with E-state index in [0.29, 0.717) is 16.9 Å². The van der Waals surface area contributed by atoms with E-state index in [0.717, 1.165) is 55.7 Å². The number of imidazole rings is 1. The van der Waals surface area contributed by atoms with Crippen molar-refractivity contribution in [2.24, 2.45) is 11.8 Å². The summed E-state index contributed by atoms with van der Waals surface area (Å²) >= 11 is 5.89. The van der Waals surface area contributed by atoms with Gasteiger partial charge in [-0.15, -0.1) is 0 Å². The Morgan fingerprint density at radius 2 is 1.65 bits per heavy atom. The molecule has 134 valence electrons. The maximum Gasteiger partial charge on any atom is 0.225 e. The van der Waals surface area contributed by atoms with E-state index in [2.05, 4.69) is 46.2 Å². The highest BCUT2D eigenvalue weighted by molar-refractivity contribution is 6.30. The molecule has 0 amide bonds. The van der Waals surface area contributed by atoms with Crippen LogP contribution < -0.4 is 9.80 Å². The Balaban J connectivity index is 1.36.